The van der Waals surface area contributed by atoms with Crippen molar-refractivity contribution in [1.82, 2.24) is 0 Å². The Hall–Kier alpha value is -0.990. The SMILES string of the molecule is Fc1ccc(CC(Cl)c2ccc(Cl)o2)cc1. The average Bonchev–Trinajstić information content (AvgIpc) is 2.68. The summed E-state index contributed by atoms with van der Waals surface area (Å²) < 4.78 is 17.9. The minimum Gasteiger partial charge on any atom is -0.448 e. The van der Waals surface area contributed by atoms with Gasteiger partial charge in [0, 0.05) is 0 Å². The van der Waals surface area contributed by atoms with Crippen LogP contribution in [-0.2, 0) is 6.42 Å². The van der Waals surface area contributed by atoms with Gasteiger partial charge in [-0.25, -0.2) is 4.39 Å². The molecule has 0 spiro atoms. The minimum absolute atomic E-state index is 0.254. The van der Waals surface area contributed by atoms with Crippen LogP contribution in [-0.4, -0.2) is 0 Å². The highest BCUT2D eigenvalue weighted by molar-refractivity contribution is 6.29. The van der Waals surface area contributed by atoms with E-state index in [2.05, 4.69) is 0 Å². The van der Waals surface area contributed by atoms with E-state index in [0.717, 1.165) is 5.56 Å². The van der Waals surface area contributed by atoms with Crippen molar-refractivity contribution in [2.75, 3.05) is 0 Å². The molecule has 2 aromatic rings. The molecule has 1 nitrogen and oxygen atoms in total. The van der Waals surface area contributed by atoms with Gasteiger partial charge in [-0.1, -0.05) is 12.1 Å². The summed E-state index contributed by atoms with van der Waals surface area (Å²) in [5.41, 5.74) is 0.953. The second-order valence-electron chi connectivity index (χ2n) is 3.44. The van der Waals surface area contributed by atoms with Crippen LogP contribution in [0.15, 0.2) is 40.8 Å². The van der Waals surface area contributed by atoms with Crippen molar-refractivity contribution in [1.29, 1.82) is 0 Å². The maximum atomic E-state index is 12.7. The van der Waals surface area contributed by atoms with Crippen molar-refractivity contribution in [3.05, 3.63) is 58.8 Å². The first-order valence-electron chi connectivity index (χ1n) is 4.79. The third kappa shape index (κ3) is 2.77. The molecule has 0 saturated carbocycles. The summed E-state index contributed by atoms with van der Waals surface area (Å²) in [6, 6.07) is 9.62. The summed E-state index contributed by atoms with van der Waals surface area (Å²) >= 11 is 11.8. The van der Waals surface area contributed by atoms with Crippen LogP contribution in [0.25, 0.3) is 0 Å². The molecule has 0 amide bonds. The molecule has 0 aliphatic rings. The number of hydrogen-bond acceptors (Lipinski definition) is 1. The molecule has 1 aromatic heterocycles. The molecule has 1 aromatic carbocycles. The largest absolute Gasteiger partial charge is 0.448 e. The Balaban J connectivity index is 2.07. The molecular formula is C12H9Cl2FO. The normalized spacial score (nSPS) is 12.7. The monoisotopic (exact) mass is 258 g/mol. The number of alkyl halides is 1. The van der Waals surface area contributed by atoms with Crippen molar-refractivity contribution in [3.8, 4) is 0 Å². The van der Waals surface area contributed by atoms with Gasteiger partial charge in [-0.15, -0.1) is 11.6 Å². The van der Waals surface area contributed by atoms with E-state index >= 15 is 0 Å². The maximum Gasteiger partial charge on any atom is 0.193 e. The molecule has 84 valence electrons. The number of furan rings is 1. The summed E-state index contributed by atoms with van der Waals surface area (Å²) in [6.07, 6.45) is 0.575. The highest BCUT2D eigenvalue weighted by Gasteiger charge is 2.13. The highest BCUT2D eigenvalue weighted by atomic mass is 35.5. The zero-order valence-corrected chi connectivity index (χ0v) is 9.80. The van der Waals surface area contributed by atoms with Crippen LogP contribution in [0, 0.1) is 5.82 Å². The number of rotatable bonds is 3. The lowest BCUT2D eigenvalue weighted by Gasteiger charge is -2.06. The summed E-state index contributed by atoms with van der Waals surface area (Å²) in [5, 5.41) is 0.0257. The van der Waals surface area contributed by atoms with Crippen LogP contribution in [0.5, 0.6) is 0 Å². The molecule has 0 bridgehead atoms. The molecule has 4 heteroatoms. The first-order chi connectivity index (χ1) is 7.65. The van der Waals surface area contributed by atoms with E-state index in [1.807, 2.05) is 0 Å². The zero-order chi connectivity index (χ0) is 11.5. The molecule has 0 saturated heterocycles. The predicted octanol–water partition coefficient (Wildman–Crippen LogP) is 4.59. The Morgan fingerprint density at radius 2 is 1.81 bits per heavy atom. The highest BCUT2D eigenvalue weighted by Crippen LogP contribution is 2.28. The molecule has 0 aliphatic carbocycles. The zero-order valence-electron chi connectivity index (χ0n) is 8.29. The van der Waals surface area contributed by atoms with E-state index in [9.17, 15) is 4.39 Å². The van der Waals surface area contributed by atoms with E-state index in [0.29, 0.717) is 17.4 Å². The van der Waals surface area contributed by atoms with Crippen molar-refractivity contribution in [3.63, 3.8) is 0 Å². The second kappa shape index (κ2) is 4.89. The van der Waals surface area contributed by atoms with E-state index < -0.39 is 0 Å². The van der Waals surface area contributed by atoms with Gasteiger partial charge in [-0.2, -0.15) is 0 Å². The Morgan fingerprint density at radius 3 is 2.38 bits per heavy atom. The van der Waals surface area contributed by atoms with Gasteiger partial charge < -0.3 is 4.42 Å². The number of hydrogen-bond donors (Lipinski definition) is 0. The summed E-state index contributed by atoms with van der Waals surface area (Å²) in [5.74, 6) is 0.368. The van der Waals surface area contributed by atoms with Gasteiger partial charge in [0.1, 0.15) is 11.6 Å². The smallest absolute Gasteiger partial charge is 0.193 e. The second-order valence-corrected chi connectivity index (χ2v) is 4.34. The van der Waals surface area contributed by atoms with Crippen LogP contribution in [0.4, 0.5) is 4.39 Å². The third-order valence-corrected chi connectivity index (χ3v) is 2.80. The Kier molecular flexibility index (Phi) is 3.52. The van der Waals surface area contributed by atoms with Gasteiger partial charge in [0.2, 0.25) is 0 Å². The number of benzene rings is 1. The molecule has 2 rings (SSSR count). The van der Waals surface area contributed by atoms with E-state index in [1.54, 1.807) is 24.3 Å². The first-order valence-corrected chi connectivity index (χ1v) is 5.60. The Labute approximate surface area is 103 Å². The Morgan fingerprint density at radius 1 is 1.12 bits per heavy atom. The predicted molar refractivity (Wildman–Crippen MR) is 62.4 cm³/mol. The van der Waals surface area contributed by atoms with Crippen molar-refractivity contribution in [2.45, 2.75) is 11.8 Å². The molecule has 1 atom stereocenters. The molecule has 16 heavy (non-hydrogen) atoms. The van der Waals surface area contributed by atoms with E-state index in [4.69, 9.17) is 27.6 Å². The molecule has 1 heterocycles. The van der Waals surface area contributed by atoms with Crippen LogP contribution >= 0.6 is 23.2 Å². The molecule has 0 aliphatic heterocycles. The standard InChI is InChI=1S/C12H9Cl2FO/c13-10(11-5-6-12(14)16-11)7-8-1-3-9(15)4-2-8/h1-6,10H,7H2. The maximum absolute atomic E-state index is 12.7. The van der Waals surface area contributed by atoms with Crippen LogP contribution < -0.4 is 0 Å². The van der Waals surface area contributed by atoms with Crippen LogP contribution in [0.1, 0.15) is 16.7 Å². The molecule has 0 fully saturated rings. The molecule has 1 unspecified atom stereocenters. The van der Waals surface area contributed by atoms with Crippen molar-refractivity contribution in [2.24, 2.45) is 0 Å². The summed E-state index contributed by atoms with van der Waals surface area (Å²) in [7, 11) is 0. The van der Waals surface area contributed by atoms with Gasteiger partial charge in [-0.3, -0.25) is 0 Å². The van der Waals surface area contributed by atoms with Gasteiger partial charge in [-0.05, 0) is 47.9 Å². The van der Waals surface area contributed by atoms with Gasteiger partial charge in [0.25, 0.3) is 0 Å². The van der Waals surface area contributed by atoms with Gasteiger partial charge in [0.15, 0.2) is 5.22 Å². The van der Waals surface area contributed by atoms with Crippen LogP contribution in [0.3, 0.4) is 0 Å². The minimum atomic E-state index is -0.294. The van der Waals surface area contributed by atoms with Crippen molar-refractivity contribution < 1.29 is 8.81 Å². The Bertz CT molecular complexity index is 464. The quantitative estimate of drug-likeness (QED) is 0.734. The fourth-order valence-electron chi connectivity index (χ4n) is 1.42. The fourth-order valence-corrected chi connectivity index (χ4v) is 1.87. The lowest BCUT2D eigenvalue weighted by atomic mass is 10.1. The topological polar surface area (TPSA) is 13.1 Å². The van der Waals surface area contributed by atoms with Gasteiger partial charge >= 0.3 is 0 Å². The van der Waals surface area contributed by atoms with Crippen molar-refractivity contribution >= 4 is 23.2 Å². The average molecular weight is 259 g/mol. The summed E-state index contributed by atoms with van der Waals surface area (Å²) in [6.45, 7) is 0. The molecule has 0 N–H and O–H groups in total. The lowest BCUT2D eigenvalue weighted by molar-refractivity contribution is 0.504. The first kappa shape index (κ1) is 11.5. The number of halogens is 3. The third-order valence-electron chi connectivity index (χ3n) is 2.23. The lowest BCUT2D eigenvalue weighted by Crippen LogP contribution is -1.94. The van der Waals surface area contributed by atoms with E-state index in [1.165, 1.54) is 12.1 Å². The summed E-state index contributed by atoms with van der Waals surface area (Å²) in [4.78, 5) is 0. The van der Waals surface area contributed by atoms with Crippen LogP contribution in [0.2, 0.25) is 5.22 Å². The molecular weight excluding hydrogens is 250 g/mol. The molecule has 0 radical (unpaired) electrons. The van der Waals surface area contributed by atoms with Gasteiger partial charge in [0.05, 0.1) is 5.38 Å². The fraction of sp³-hybridized carbons (Fsp3) is 0.167. The van der Waals surface area contributed by atoms with E-state index in [-0.39, 0.29) is 11.2 Å².